The van der Waals surface area contributed by atoms with Crippen LogP contribution in [0.5, 0.6) is 5.75 Å². The predicted molar refractivity (Wildman–Crippen MR) is 126 cm³/mol. The van der Waals surface area contributed by atoms with Gasteiger partial charge in [-0.1, -0.05) is 12.1 Å². The van der Waals surface area contributed by atoms with E-state index in [0.29, 0.717) is 22.5 Å². The summed E-state index contributed by atoms with van der Waals surface area (Å²) in [4.78, 5) is 36.1. The fourth-order valence-electron chi connectivity index (χ4n) is 2.60. The summed E-state index contributed by atoms with van der Waals surface area (Å²) in [6.45, 7) is 1.90. The Hall–Kier alpha value is -3.40. The van der Waals surface area contributed by atoms with E-state index in [4.69, 9.17) is 9.47 Å². The van der Waals surface area contributed by atoms with Crippen LogP contribution in [0, 0.1) is 3.57 Å². The van der Waals surface area contributed by atoms with Crippen LogP contribution in [-0.4, -0.2) is 24.6 Å². The highest BCUT2D eigenvalue weighted by Crippen LogP contribution is 2.19. The smallest absolute Gasteiger partial charge is 0.434 e. The summed E-state index contributed by atoms with van der Waals surface area (Å²) < 4.78 is 10.5. The molecule has 0 heterocycles. The van der Waals surface area contributed by atoms with Crippen LogP contribution in [0.2, 0.25) is 0 Å². The number of hydrogen-bond acceptors (Lipinski definition) is 5. The van der Waals surface area contributed by atoms with E-state index in [1.807, 2.05) is 18.2 Å². The molecule has 3 aromatic rings. The standard InChI is InChI=1S/C23H19IN2O5/c1-2-30-23(29)31-18-13-7-15(8-14-18)21(27)25-16-9-11-17(12-10-16)26-22(28)19-5-3-4-6-20(19)24/h3-14H,2H2,1H3,(H,25,27)(H,26,28). The zero-order valence-electron chi connectivity index (χ0n) is 16.6. The van der Waals surface area contributed by atoms with Gasteiger partial charge in [0.25, 0.3) is 11.8 Å². The first-order chi connectivity index (χ1) is 15.0. The Balaban J connectivity index is 1.58. The number of carbonyl (C=O) groups is 3. The summed E-state index contributed by atoms with van der Waals surface area (Å²) in [5, 5.41) is 5.61. The fourth-order valence-corrected chi connectivity index (χ4v) is 3.23. The Kier molecular flexibility index (Phi) is 7.60. The monoisotopic (exact) mass is 530 g/mol. The zero-order chi connectivity index (χ0) is 22.2. The van der Waals surface area contributed by atoms with Gasteiger partial charge in [-0.2, -0.15) is 0 Å². The molecule has 0 aromatic heterocycles. The number of hydrogen-bond donors (Lipinski definition) is 2. The highest BCUT2D eigenvalue weighted by atomic mass is 127. The van der Waals surface area contributed by atoms with Crippen LogP contribution in [0.3, 0.4) is 0 Å². The first kappa shape index (κ1) is 22.3. The molecule has 0 aliphatic heterocycles. The average molecular weight is 530 g/mol. The highest BCUT2D eigenvalue weighted by molar-refractivity contribution is 14.1. The Morgan fingerprint density at radius 3 is 1.97 bits per heavy atom. The highest BCUT2D eigenvalue weighted by Gasteiger charge is 2.11. The minimum absolute atomic E-state index is 0.202. The summed E-state index contributed by atoms with van der Waals surface area (Å²) in [5.74, 6) is -0.242. The third-order valence-electron chi connectivity index (χ3n) is 4.10. The summed E-state index contributed by atoms with van der Waals surface area (Å²) >= 11 is 2.11. The molecular weight excluding hydrogens is 511 g/mol. The molecule has 0 saturated heterocycles. The molecular formula is C23H19IN2O5. The molecule has 0 aliphatic carbocycles. The lowest BCUT2D eigenvalue weighted by atomic mass is 10.2. The van der Waals surface area contributed by atoms with Gasteiger partial charge < -0.3 is 20.1 Å². The summed E-state index contributed by atoms with van der Waals surface area (Å²) in [5.41, 5.74) is 2.18. The SMILES string of the molecule is CCOC(=O)Oc1ccc(C(=O)Nc2ccc(NC(=O)c3ccccc3I)cc2)cc1. The van der Waals surface area contributed by atoms with Crippen molar-refractivity contribution >= 4 is 51.9 Å². The van der Waals surface area contributed by atoms with E-state index < -0.39 is 6.16 Å². The van der Waals surface area contributed by atoms with Crippen molar-refractivity contribution in [1.29, 1.82) is 0 Å². The van der Waals surface area contributed by atoms with Gasteiger partial charge in [-0.3, -0.25) is 9.59 Å². The van der Waals surface area contributed by atoms with Crippen molar-refractivity contribution in [1.82, 2.24) is 0 Å². The van der Waals surface area contributed by atoms with Crippen LogP contribution in [0.15, 0.2) is 72.8 Å². The second-order valence-corrected chi connectivity index (χ2v) is 7.44. The Labute approximate surface area is 192 Å². The van der Waals surface area contributed by atoms with Gasteiger partial charge in [-0.25, -0.2) is 4.79 Å². The van der Waals surface area contributed by atoms with Crippen LogP contribution < -0.4 is 15.4 Å². The van der Waals surface area contributed by atoms with E-state index in [9.17, 15) is 14.4 Å². The van der Waals surface area contributed by atoms with E-state index in [1.54, 1.807) is 49.4 Å². The maximum atomic E-state index is 12.4. The molecule has 0 bridgehead atoms. The molecule has 0 atom stereocenters. The zero-order valence-corrected chi connectivity index (χ0v) is 18.7. The molecule has 7 nitrogen and oxygen atoms in total. The molecule has 0 spiro atoms. The second-order valence-electron chi connectivity index (χ2n) is 6.27. The predicted octanol–water partition coefficient (Wildman–Crippen LogP) is 5.33. The molecule has 3 rings (SSSR count). The quantitative estimate of drug-likeness (QED) is 0.255. The molecule has 3 aromatic carbocycles. The third-order valence-corrected chi connectivity index (χ3v) is 5.04. The van der Waals surface area contributed by atoms with Crippen molar-refractivity contribution in [2.75, 3.05) is 17.2 Å². The molecule has 0 radical (unpaired) electrons. The Morgan fingerprint density at radius 1 is 0.806 bits per heavy atom. The number of ether oxygens (including phenoxy) is 2. The number of carbonyl (C=O) groups excluding carboxylic acids is 3. The first-order valence-corrected chi connectivity index (χ1v) is 10.5. The molecule has 0 aliphatic rings. The summed E-state index contributed by atoms with van der Waals surface area (Å²) in [7, 11) is 0. The van der Waals surface area contributed by atoms with Crippen molar-refractivity contribution in [3.8, 4) is 5.75 Å². The molecule has 8 heteroatoms. The lowest BCUT2D eigenvalue weighted by molar-refractivity contribution is 0.101. The van der Waals surface area contributed by atoms with Gasteiger partial charge in [0, 0.05) is 20.5 Å². The van der Waals surface area contributed by atoms with Gasteiger partial charge in [-0.15, -0.1) is 0 Å². The lowest BCUT2D eigenvalue weighted by Gasteiger charge is -2.09. The maximum absolute atomic E-state index is 12.4. The average Bonchev–Trinajstić information content (AvgIpc) is 2.76. The molecule has 0 saturated carbocycles. The summed E-state index contributed by atoms with van der Waals surface area (Å²) in [6.07, 6.45) is -0.797. The van der Waals surface area contributed by atoms with Crippen molar-refractivity contribution in [3.63, 3.8) is 0 Å². The Bertz CT molecular complexity index is 1080. The van der Waals surface area contributed by atoms with Crippen molar-refractivity contribution in [2.45, 2.75) is 6.92 Å². The van der Waals surface area contributed by atoms with Crippen LogP contribution in [0.1, 0.15) is 27.6 Å². The van der Waals surface area contributed by atoms with Gasteiger partial charge in [-0.05, 0) is 90.2 Å². The molecule has 158 valence electrons. The fraction of sp³-hybridized carbons (Fsp3) is 0.0870. The largest absolute Gasteiger partial charge is 0.513 e. The van der Waals surface area contributed by atoms with Crippen molar-refractivity contribution in [2.24, 2.45) is 0 Å². The van der Waals surface area contributed by atoms with E-state index in [0.717, 1.165) is 3.57 Å². The normalized spacial score (nSPS) is 10.1. The number of rotatable bonds is 6. The van der Waals surface area contributed by atoms with Crippen LogP contribution in [0.25, 0.3) is 0 Å². The van der Waals surface area contributed by atoms with Crippen LogP contribution in [0.4, 0.5) is 16.2 Å². The van der Waals surface area contributed by atoms with E-state index in [1.165, 1.54) is 12.1 Å². The number of halogens is 1. The van der Waals surface area contributed by atoms with Gasteiger partial charge >= 0.3 is 6.16 Å². The van der Waals surface area contributed by atoms with Crippen molar-refractivity contribution < 1.29 is 23.9 Å². The topological polar surface area (TPSA) is 93.7 Å². The first-order valence-electron chi connectivity index (χ1n) is 9.38. The van der Waals surface area contributed by atoms with Crippen molar-refractivity contribution in [3.05, 3.63) is 87.5 Å². The van der Waals surface area contributed by atoms with Gasteiger partial charge in [0.15, 0.2) is 0 Å². The van der Waals surface area contributed by atoms with Crippen LogP contribution >= 0.6 is 22.6 Å². The lowest BCUT2D eigenvalue weighted by Crippen LogP contribution is -2.14. The maximum Gasteiger partial charge on any atom is 0.513 e. The minimum atomic E-state index is -0.797. The third kappa shape index (κ3) is 6.29. The van der Waals surface area contributed by atoms with E-state index in [2.05, 4.69) is 33.2 Å². The van der Waals surface area contributed by atoms with E-state index in [-0.39, 0.29) is 24.2 Å². The van der Waals surface area contributed by atoms with Gasteiger partial charge in [0.05, 0.1) is 12.2 Å². The van der Waals surface area contributed by atoms with Gasteiger partial charge in [0.1, 0.15) is 5.75 Å². The molecule has 0 unspecified atom stereocenters. The van der Waals surface area contributed by atoms with Crippen LogP contribution in [-0.2, 0) is 4.74 Å². The number of amides is 2. The second kappa shape index (κ2) is 10.6. The van der Waals surface area contributed by atoms with E-state index >= 15 is 0 Å². The van der Waals surface area contributed by atoms with Gasteiger partial charge in [0.2, 0.25) is 0 Å². The number of anilines is 2. The number of nitrogens with one attached hydrogen (secondary N) is 2. The minimum Gasteiger partial charge on any atom is -0.434 e. The summed E-state index contributed by atoms with van der Waals surface area (Å²) in [6, 6.07) is 20.2. The molecule has 2 amide bonds. The molecule has 31 heavy (non-hydrogen) atoms. The number of benzene rings is 3. The Morgan fingerprint density at radius 2 is 1.39 bits per heavy atom. The molecule has 0 fully saturated rings. The molecule has 2 N–H and O–H groups in total.